The number of aryl methyl sites for hydroxylation is 3. The molecule has 0 spiro atoms. The van der Waals surface area contributed by atoms with Crippen molar-refractivity contribution >= 4 is 11.6 Å². The molecule has 0 amide bonds. The van der Waals surface area contributed by atoms with Crippen LogP contribution in [-0.4, -0.2) is 19.2 Å². The summed E-state index contributed by atoms with van der Waals surface area (Å²) in [7, 11) is 0. The maximum absolute atomic E-state index is 6.06. The molecule has 0 aromatic heterocycles. The number of guanidine groups is 1. The van der Waals surface area contributed by atoms with Crippen LogP contribution in [0.25, 0.3) is 0 Å². The molecule has 5 heteroatoms. The van der Waals surface area contributed by atoms with E-state index in [1.54, 1.807) is 0 Å². The molecule has 0 bridgehead atoms. The minimum atomic E-state index is 0.383. The molecule has 2 aromatic carbocycles. The summed E-state index contributed by atoms with van der Waals surface area (Å²) in [5, 5.41) is 3.13. The predicted octanol–water partition coefficient (Wildman–Crippen LogP) is 3.70. The number of rotatable bonds is 3. The van der Waals surface area contributed by atoms with Crippen molar-refractivity contribution in [1.82, 2.24) is 0 Å². The molecule has 5 nitrogen and oxygen atoms in total. The van der Waals surface area contributed by atoms with Crippen molar-refractivity contribution in [1.29, 1.82) is 0 Å². The molecule has 1 aliphatic rings. The number of benzene rings is 2. The van der Waals surface area contributed by atoms with Crippen molar-refractivity contribution < 1.29 is 9.47 Å². The summed E-state index contributed by atoms with van der Waals surface area (Å²) < 4.78 is 11.3. The van der Waals surface area contributed by atoms with Gasteiger partial charge in [-0.1, -0.05) is 17.7 Å². The Balaban J connectivity index is 1.71. The monoisotopic (exact) mass is 339 g/mol. The summed E-state index contributed by atoms with van der Waals surface area (Å²) in [6.07, 6.45) is 0.885. The van der Waals surface area contributed by atoms with Crippen LogP contribution in [0.3, 0.4) is 0 Å². The Labute approximate surface area is 148 Å². The summed E-state index contributed by atoms with van der Waals surface area (Å²) >= 11 is 0. The number of ether oxygens (including phenoxy) is 2. The number of aliphatic imine (C=N–C) groups is 1. The van der Waals surface area contributed by atoms with E-state index in [0.717, 1.165) is 23.6 Å². The molecule has 0 fully saturated rings. The lowest BCUT2D eigenvalue weighted by Crippen LogP contribution is -2.22. The molecule has 132 valence electrons. The van der Waals surface area contributed by atoms with Gasteiger partial charge in [-0.15, -0.1) is 0 Å². The molecule has 0 atom stereocenters. The van der Waals surface area contributed by atoms with E-state index in [1.165, 1.54) is 22.3 Å². The third-order valence-corrected chi connectivity index (χ3v) is 4.27. The van der Waals surface area contributed by atoms with Gasteiger partial charge in [0.15, 0.2) is 17.5 Å². The Kier molecular flexibility index (Phi) is 5.12. The van der Waals surface area contributed by atoms with E-state index in [0.29, 0.717) is 25.7 Å². The normalized spacial score (nSPS) is 14.1. The van der Waals surface area contributed by atoms with Gasteiger partial charge in [0.05, 0.1) is 19.8 Å². The lowest BCUT2D eigenvalue weighted by Gasteiger charge is -2.12. The minimum absolute atomic E-state index is 0.383. The quantitative estimate of drug-likeness (QED) is 0.661. The first-order valence-electron chi connectivity index (χ1n) is 8.56. The summed E-state index contributed by atoms with van der Waals surface area (Å²) in [5.74, 6) is 1.89. The molecule has 2 aromatic rings. The Morgan fingerprint density at radius 1 is 1.04 bits per heavy atom. The van der Waals surface area contributed by atoms with E-state index in [1.807, 2.05) is 18.2 Å². The van der Waals surface area contributed by atoms with Gasteiger partial charge in [-0.2, -0.15) is 0 Å². The highest BCUT2D eigenvalue weighted by molar-refractivity contribution is 5.92. The molecular formula is C20H25N3O2. The number of hydrogen-bond acceptors (Lipinski definition) is 3. The Hall–Kier alpha value is -2.69. The van der Waals surface area contributed by atoms with Crippen molar-refractivity contribution in [3.8, 4) is 11.5 Å². The number of nitrogens with zero attached hydrogens (tertiary/aromatic N) is 1. The highest BCUT2D eigenvalue weighted by Gasteiger charge is 2.11. The van der Waals surface area contributed by atoms with E-state index in [-0.39, 0.29) is 0 Å². The Bertz CT molecular complexity index is 777. The van der Waals surface area contributed by atoms with Crippen LogP contribution < -0.4 is 20.5 Å². The number of nitrogens with one attached hydrogen (secondary N) is 1. The van der Waals surface area contributed by atoms with Crippen LogP contribution in [0.5, 0.6) is 11.5 Å². The largest absolute Gasteiger partial charge is 0.490 e. The van der Waals surface area contributed by atoms with Gasteiger partial charge in [0, 0.05) is 18.2 Å². The van der Waals surface area contributed by atoms with Crippen LogP contribution >= 0.6 is 0 Å². The summed E-state index contributed by atoms with van der Waals surface area (Å²) in [6, 6.07) is 10.0. The van der Waals surface area contributed by atoms with Gasteiger partial charge in [0.2, 0.25) is 0 Å². The second-order valence-electron chi connectivity index (χ2n) is 6.42. The zero-order chi connectivity index (χ0) is 17.8. The van der Waals surface area contributed by atoms with Gasteiger partial charge in [0.25, 0.3) is 0 Å². The number of fused-ring (bicyclic) bond motifs is 1. The maximum atomic E-state index is 6.06. The minimum Gasteiger partial charge on any atom is -0.490 e. The smallest absolute Gasteiger partial charge is 0.193 e. The van der Waals surface area contributed by atoms with Gasteiger partial charge >= 0.3 is 0 Å². The molecule has 3 rings (SSSR count). The topological polar surface area (TPSA) is 68.9 Å². The maximum Gasteiger partial charge on any atom is 0.193 e. The molecule has 1 heterocycles. The zero-order valence-corrected chi connectivity index (χ0v) is 15.1. The number of hydrogen-bond donors (Lipinski definition) is 2. The van der Waals surface area contributed by atoms with Crippen molar-refractivity contribution in [2.45, 2.75) is 33.7 Å². The highest BCUT2D eigenvalue weighted by atomic mass is 16.5. The van der Waals surface area contributed by atoms with Gasteiger partial charge in [0.1, 0.15) is 0 Å². The summed E-state index contributed by atoms with van der Waals surface area (Å²) in [6.45, 7) is 8.22. The second-order valence-corrected chi connectivity index (χ2v) is 6.42. The van der Waals surface area contributed by atoms with Crippen LogP contribution in [0.2, 0.25) is 0 Å². The molecular weight excluding hydrogens is 314 g/mol. The van der Waals surface area contributed by atoms with E-state index in [9.17, 15) is 0 Å². The van der Waals surface area contributed by atoms with Crippen LogP contribution in [0.1, 0.15) is 28.7 Å². The molecule has 3 N–H and O–H groups in total. The third-order valence-electron chi connectivity index (χ3n) is 4.27. The second kappa shape index (κ2) is 7.47. The van der Waals surface area contributed by atoms with E-state index < -0.39 is 0 Å². The van der Waals surface area contributed by atoms with Crippen LogP contribution in [0.15, 0.2) is 35.3 Å². The molecule has 0 saturated carbocycles. The van der Waals surface area contributed by atoms with Crippen molar-refractivity contribution in [3.05, 3.63) is 52.6 Å². The van der Waals surface area contributed by atoms with Gasteiger partial charge in [-0.3, -0.25) is 0 Å². The van der Waals surface area contributed by atoms with E-state index >= 15 is 0 Å². The fourth-order valence-corrected chi connectivity index (χ4v) is 3.05. The predicted molar refractivity (Wildman–Crippen MR) is 102 cm³/mol. The van der Waals surface area contributed by atoms with E-state index in [4.69, 9.17) is 15.2 Å². The lowest BCUT2D eigenvalue weighted by atomic mass is 10.00. The SMILES string of the molecule is Cc1cc(C)c(CN=C(N)Nc2ccc3c(c2)OCCCO3)c(C)c1. The van der Waals surface area contributed by atoms with Gasteiger partial charge < -0.3 is 20.5 Å². The molecule has 0 radical (unpaired) electrons. The van der Waals surface area contributed by atoms with Crippen LogP contribution in [0, 0.1) is 20.8 Å². The molecule has 1 aliphatic heterocycles. The lowest BCUT2D eigenvalue weighted by molar-refractivity contribution is 0.297. The first-order valence-corrected chi connectivity index (χ1v) is 8.56. The first kappa shape index (κ1) is 17.1. The van der Waals surface area contributed by atoms with Crippen molar-refractivity contribution in [3.63, 3.8) is 0 Å². The van der Waals surface area contributed by atoms with Crippen LogP contribution in [-0.2, 0) is 6.54 Å². The first-order chi connectivity index (χ1) is 12.0. The average molecular weight is 339 g/mol. The number of nitrogens with two attached hydrogens (primary N) is 1. The van der Waals surface area contributed by atoms with Gasteiger partial charge in [-0.25, -0.2) is 4.99 Å². The van der Waals surface area contributed by atoms with E-state index in [2.05, 4.69) is 43.2 Å². The molecule has 0 unspecified atom stereocenters. The van der Waals surface area contributed by atoms with Crippen LogP contribution in [0.4, 0.5) is 5.69 Å². The Morgan fingerprint density at radius 3 is 2.44 bits per heavy atom. The summed E-state index contributed by atoms with van der Waals surface area (Å²) in [4.78, 5) is 4.48. The number of anilines is 1. The fourth-order valence-electron chi connectivity index (χ4n) is 3.05. The fraction of sp³-hybridized carbons (Fsp3) is 0.350. The molecule has 0 saturated heterocycles. The standard InChI is InChI=1S/C20H25N3O2/c1-13-9-14(2)17(15(3)10-13)12-22-20(21)23-16-5-6-18-19(11-16)25-8-4-7-24-18/h5-6,9-11H,4,7-8,12H2,1-3H3,(H3,21,22,23). The Morgan fingerprint density at radius 2 is 1.72 bits per heavy atom. The average Bonchev–Trinajstić information content (AvgIpc) is 2.78. The summed E-state index contributed by atoms with van der Waals surface area (Å²) in [5.41, 5.74) is 11.9. The highest BCUT2D eigenvalue weighted by Crippen LogP contribution is 2.32. The zero-order valence-electron chi connectivity index (χ0n) is 15.1. The van der Waals surface area contributed by atoms with Gasteiger partial charge in [-0.05, 0) is 49.6 Å². The molecule has 25 heavy (non-hydrogen) atoms. The van der Waals surface area contributed by atoms with Crippen molar-refractivity contribution in [2.24, 2.45) is 10.7 Å². The third kappa shape index (κ3) is 4.24. The van der Waals surface area contributed by atoms with Crippen molar-refractivity contribution in [2.75, 3.05) is 18.5 Å². The molecule has 0 aliphatic carbocycles.